The van der Waals surface area contributed by atoms with E-state index in [1.165, 1.54) is 0 Å². The molecule has 0 bridgehead atoms. The molecule has 57 valence electrons. The van der Waals surface area contributed by atoms with E-state index in [-0.39, 0.29) is 13.1 Å². The predicted molar refractivity (Wildman–Crippen MR) is 33.3 cm³/mol. The average molecular weight is 214 g/mol. The first-order valence-electron chi connectivity index (χ1n) is 2.44. The van der Waals surface area contributed by atoms with E-state index in [0.717, 1.165) is 26.4 Å². The van der Waals surface area contributed by atoms with Gasteiger partial charge in [0, 0.05) is 0 Å². The molecular formula is C4H8Cl2MnO2. The van der Waals surface area contributed by atoms with Crippen LogP contribution in [0.5, 0.6) is 0 Å². The number of rotatable bonds is 0. The summed E-state index contributed by atoms with van der Waals surface area (Å²) in [6, 6.07) is 0. The van der Waals surface area contributed by atoms with Gasteiger partial charge in [0.2, 0.25) is 0 Å². The molecule has 1 rings (SSSR count). The van der Waals surface area contributed by atoms with E-state index in [4.69, 9.17) is 29.7 Å². The fraction of sp³-hybridized carbons (Fsp3) is 1.00. The zero-order valence-electron chi connectivity index (χ0n) is 4.78. The van der Waals surface area contributed by atoms with Crippen LogP contribution in [-0.2, 0) is 22.6 Å². The van der Waals surface area contributed by atoms with Crippen LogP contribution in [-0.4, -0.2) is 26.4 Å². The molecule has 0 atom stereocenters. The molecule has 1 aliphatic heterocycles. The van der Waals surface area contributed by atoms with Gasteiger partial charge in [-0.25, -0.2) is 0 Å². The van der Waals surface area contributed by atoms with Gasteiger partial charge in [-0.15, -0.1) is 0 Å². The van der Waals surface area contributed by atoms with E-state index < -0.39 is 0 Å². The Kier molecular flexibility index (Phi) is 10.0. The number of hydrogen-bond acceptors (Lipinski definition) is 2. The Bertz CT molecular complexity index is 40.3. The van der Waals surface area contributed by atoms with Crippen LogP contribution in [0.25, 0.3) is 0 Å². The Balaban J connectivity index is 0.000000187. The Morgan fingerprint density at radius 3 is 1.22 bits per heavy atom. The van der Waals surface area contributed by atoms with E-state index in [1.807, 2.05) is 0 Å². The van der Waals surface area contributed by atoms with E-state index >= 15 is 0 Å². The molecule has 5 heteroatoms. The first kappa shape index (κ1) is 10.0. The summed E-state index contributed by atoms with van der Waals surface area (Å²) >= 11 is 0.00694. The molecule has 0 unspecified atom stereocenters. The van der Waals surface area contributed by atoms with Gasteiger partial charge in [0.15, 0.2) is 0 Å². The van der Waals surface area contributed by atoms with Crippen molar-refractivity contribution in [3.8, 4) is 0 Å². The molecule has 0 saturated carbocycles. The first-order chi connectivity index (χ1) is 4.41. The summed E-state index contributed by atoms with van der Waals surface area (Å²) in [7, 11) is 9.59. The molecule has 0 amide bonds. The van der Waals surface area contributed by atoms with Crippen LogP contribution >= 0.6 is 20.2 Å². The van der Waals surface area contributed by atoms with Gasteiger partial charge < -0.3 is 9.47 Å². The standard InChI is InChI=1S/C4H8O2.2ClH.Mn/c1-2-6-4-3-5-1;;;/h1-4H2;2*1H;/q;;;+2/p-2. The second kappa shape index (κ2) is 9.02. The number of hydrogen-bond donors (Lipinski definition) is 0. The normalized spacial score (nSPS) is 18.0. The van der Waals surface area contributed by atoms with Crippen LogP contribution < -0.4 is 0 Å². The Morgan fingerprint density at radius 2 is 1.11 bits per heavy atom. The molecule has 0 radical (unpaired) electrons. The van der Waals surface area contributed by atoms with Gasteiger partial charge >= 0.3 is 33.3 Å². The minimum atomic E-state index is 0.00694. The summed E-state index contributed by atoms with van der Waals surface area (Å²) in [6.45, 7) is 3.11. The van der Waals surface area contributed by atoms with Crippen molar-refractivity contribution in [2.24, 2.45) is 0 Å². The third-order valence-electron chi connectivity index (χ3n) is 0.744. The topological polar surface area (TPSA) is 18.5 Å². The zero-order chi connectivity index (χ0) is 6.95. The Labute approximate surface area is 69.4 Å². The van der Waals surface area contributed by atoms with Crippen molar-refractivity contribution in [2.75, 3.05) is 26.4 Å². The van der Waals surface area contributed by atoms with E-state index in [2.05, 4.69) is 0 Å². The number of halogens is 2. The van der Waals surface area contributed by atoms with Crippen LogP contribution in [0.3, 0.4) is 0 Å². The molecule has 0 spiro atoms. The van der Waals surface area contributed by atoms with Gasteiger partial charge in [0.05, 0.1) is 26.4 Å². The number of ether oxygens (including phenoxy) is 2. The molecule has 0 aromatic heterocycles. The molecule has 9 heavy (non-hydrogen) atoms. The van der Waals surface area contributed by atoms with Crippen LogP contribution in [0.2, 0.25) is 0 Å². The van der Waals surface area contributed by atoms with Crippen LogP contribution in [0.1, 0.15) is 0 Å². The van der Waals surface area contributed by atoms with Gasteiger partial charge in [-0.05, 0) is 0 Å². The minimum absolute atomic E-state index is 0.00694. The molecule has 1 heterocycles. The van der Waals surface area contributed by atoms with Crippen LogP contribution in [0.15, 0.2) is 0 Å². The van der Waals surface area contributed by atoms with Crippen molar-refractivity contribution < 1.29 is 22.6 Å². The van der Waals surface area contributed by atoms with Crippen molar-refractivity contribution >= 4 is 20.2 Å². The summed E-state index contributed by atoms with van der Waals surface area (Å²) in [5, 5.41) is 0. The van der Waals surface area contributed by atoms with Crippen LogP contribution in [0, 0.1) is 0 Å². The first-order valence-corrected chi connectivity index (χ1v) is 5.69. The van der Waals surface area contributed by atoms with E-state index in [0.29, 0.717) is 0 Å². The van der Waals surface area contributed by atoms with Crippen molar-refractivity contribution in [3.05, 3.63) is 0 Å². The SMILES string of the molecule is C1COCCO1.[Cl][Mn][Cl]. The molecule has 1 fully saturated rings. The van der Waals surface area contributed by atoms with Crippen molar-refractivity contribution in [2.45, 2.75) is 0 Å². The summed E-state index contributed by atoms with van der Waals surface area (Å²) in [4.78, 5) is 0. The summed E-state index contributed by atoms with van der Waals surface area (Å²) < 4.78 is 9.89. The molecule has 0 aromatic rings. The molecule has 0 N–H and O–H groups in total. The van der Waals surface area contributed by atoms with Gasteiger partial charge in [-0.3, -0.25) is 0 Å². The predicted octanol–water partition coefficient (Wildman–Crippen LogP) is 1.41. The van der Waals surface area contributed by atoms with Crippen molar-refractivity contribution in [1.82, 2.24) is 0 Å². The third-order valence-corrected chi connectivity index (χ3v) is 0.744. The maximum absolute atomic E-state index is 4.94. The Morgan fingerprint density at radius 1 is 0.889 bits per heavy atom. The van der Waals surface area contributed by atoms with E-state index in [9.17, 15) is 0 Å². The molecule has 0 aliphatic carbocycles. The van der Waals surface area contributed by atoms with Gasteiger partial charge in [-0.2, -0.15) is 0 Å². The van der Waals surface area contributed by atoms with Crippen LogP contribution in [0.4, 0.5) is 0 Å². The fourth-order valence-electron chi connectivity index (χ4n) is 0.440. The van der Waals surface area contributed by atoms with Crippen molar-refractivity contribution in [3.63, 3.8) is 0 Å². The Hall–Kier alpha value is 1.02. The molecule has 0 aromatic carbocycles. The third kappa shape index (κ3) is 9.02. The van der Waals surface area contributed by atoms with Gasteiger partial charge in [-0.1, -0.05) is 0 Å². The molecule has 1 aliphatic rings. The summed E-state index contributed by atoms with van der Waals surface area (Å²) in [5.74, 6) is 0. The average Bonchev–Trinajstić information content (AvgIpc) is 1.93. The zero-order valence-corrected chi connectivity index (χ0v) is 7.47. The van der Waals surface area contributed by atoms with Crippen molar-refractivity contribution in [1.29, 1.82) is 0 Å². The molecule has 1 saturated heterocycles. The monoisotopic (exact) mass is 213 g/mol. The maximum atomic E-state index is 4.94. The van der Waals surface area contributed by atoms with Gasteiger partial charge in [0.25, 0.3) is 0 Å². The fourth-order valence-corrected chi connectivity index (χ4v) is 0.440. The molecular weight excluding hydrogens is 206 g/mol. The summed E-state index contributed by atoms with van der Waals surface area (Å²) in [6.07, 6.45) is 0. The summed E-state index contributed by atoms with van der Waals surface area (Å²) in [5.41, 5.74) is 0. The second-order valence-corrected chi connectivity index (χ2v) is 3.23. The quantitative estimate of drug-likeness (QED) is 0.567. The second-order valence-electron chi connectivity index (χ2n) is 1.28. The van der Waals surface area contributed by atoms with E-state index in [1.54, 1.807) is 0 Å². The van der Waals surface area contributed by atoms with Gasteiger partial charge in [0.1, 0.15) is 0 Å². The molecule has 2 nitrogen and oxygen atoms in total.